The number of hydrogen-bond acceptors (Lipinski definition) is 4. The minimum absolute atomic E-state index is 0.0740. The van der Waals surface area contributed by atoms with Crippen molar-refractivity contribution in [2.45, 2.75) is 44.2 Å². The van der Waals surface area contributed by atoms with Crippen LogP contribution in [0.2, 0.25) is 0 Å². The van der Waals surface area contributed by atoms with Crippen LogP contribution in [0, 0.1) is 5.92 Å². The molecule has 1 aliphatic heterocycles. The van der Waals surface area contributed by atoms with E-state index >= 15 is 0 Å². The molecule has 2 unspecified atom stereocenters. The van der Waals surface area contributed by atoms with Gasteiger partial charge >= 0.3 is 11.9 Å². The second kappa shape index (κ2) is 6.11. The number of hydrogen-bond donors (Lipinski definition) is 3. The fourth-order valence-corrected chi connectivity index (χ4v) is 2.46. The summed E-state index contributed by atoms with van der Waals surface area (Å²) in [5.41, 5.74) is 0. The van der Waals surface area contributed by atoms with Crippen LogP contribution < -0.4 is 5.32 Å². The van der Waals surface area contributed by atoms with Crippen LogP contribution in [0.1, 0.15) is 32.1 Å². The average molecular weight is 298 g/mol. The molecule has 2 amide bonds. The maximum atomic E-state index is 12.0. The molecule has 2 rings (SSSR count). The zero-order valence-electron chi connectivity index (χ0n) is 11.4. The SMILES string of the molecule is O=C(O)CCC(NC(=O)C1CC(=O)N(C2CC2)C1)C(=O)O. The van der Waals surface area contributed by atoms with Gasteiger partial charge in [-0.05, 0) is 19.3 Å². The number of carboxylic acid groups (broad SMARTS) is 2. The molecule has 0 aromatic heterocycles. The molecule has 0 radical (unpaired) electrons. The first-order valence-corrected chi connectivity index (χ1v) is 6.93. The summed E-state index contributed by atoms with van der Waals surface area (Å²) in [5, 5.41) is 19.9. The number of aliphatic carboxylic acids is 2. The standard InChI is InChI=1S/C13H18N2O6/c16-10-5-7(6-15(10)8-1-2-8)12(19)14-9(13(20)21)3-4-11(17)18/h7-9H,1-6H2,(H,14,19)(H,17,18)(H,20,21). The first-order chi connectivity index (χ1) is 9.88. The van der Waals surface area contributed by atoms with Crippen molar-refractivity contribution in [2.75, 3.05) is 6.54 Å². The Bertz CT molecular complexity index is 473. The zero-order chi connectivity index (χ0) is 15.6. The van der Waals surface area contributed by atoms with E-state index in [4.69, 9.17) is 10.2 Å². The fourth-order valence-electron chi connectivity index (χ4n) is 2.46. The third-order valence-corrected chi connectivity index (χ3v) is 3.78. The van der Waals surface area contributed by atoms with Crippen LogP contribution in [0.15, 0.2) is 0 Å². The topological polar surface area (TPSA) is 124 Å². The van der Waals surface area contributed by atoms with E-state index in [0.717, 1.165) is 12.8 Å². The van der Waals surface area contributed by atoms with Gasteiger partial charge in [-0.3, -0.25) is 14.4 Å². The predicted molar refractivity (Wildman–Crippen MR) is 69.3 cm³/mol. The highest BCUT2D eigenvalue weighted by molar-refractivity contribution is 5.91. The summed E-state index contributed by atoms with van der Waals surface area (Å²) < 4.78 is 0. The minimum Gasteiger partial charge on any atom is -0.481 e. The number of nitrogens with zero attached hydrogens (tertiary/aromatic N) is 1. The van der Waals surface area contributed by atoms with Crippen molar-refractivity contribution in [3.63, 3.8) is 0 Å². The Morgan fingerprint density at radius 3 is 2.48 bits per heavy atom. The van der Waals surface area contributed by atoms with Gasteiger partial charge in [0.25, 0.3) is 0 Å². The van der Waals surface area contributed by atoms with Crippen molar-refractivity contribution >= 4 is 23.8 Å². The van der Waals surface area contributed by atoms with Gasteiger partial charge in [0, 0.05) is 25.4 Å². The van der Waals surface area contributed by atoms with E-state index in [2.05, 4.69) is 5.32 Å². The predicted octanol–water partition coefficient (Wildman–Crippen LogP) is -0.568. The molecule has 8 heteroatoms. The first kappa shape index (κ1) is 15.3. The van der Waals surface area contributed by atoms with E-state index in [0.29, 0.717) is 6.54 Å². The van der Waals surface area contributed by atoms with Gasteiger partial charge in [-0.15, -0.1) is 0 Å². The number of rotatable bonds is 7. The lowest BCUT2D eigenvalue weighted by atomic mass is 10.1. The number of amides is 2. The van der Waals surface area contributed by atoms with Crippen LogP contribution >= 0.6 is 0 Å². The largest absolute Gasteiger partial charge is 0.481 e. The Kier molecular flexibility index (Phi) is 4.44. The normalized spacial score (nSPS) is 23.0. The fraction of sp³-hybridized carbons (Fsp3) is 0.692. The van der Waals surface area contributed by atoms with Crippen molar-refractivity contribution in [2.24, 2.45) is 5.92 Å². The van der Waals surface area contributed by atoms with E-state index in [1.165, 1.54) is 0 Å². The third-order valence-electron chi connectivity index (χ3n) is 3.78. The molecule has 1 heterocycles. The Balaban J connectivity index is 1.88. The van der Waals surface area contributed by atoms with Crippen LogP contribution in [0.5, 0.6) is 0 Å². The lowest BCUT2D eigenvalue weighted by Gasteiger charge is -2.17. The number of carbonyl (C=O) groups is 4. The zero-order valence-corrected chi connectivity index (χ0v) is 11.4. The van der Waals surface area contributed by atoms with E-state index in [1.807, 2.05) is 0 Å². The quantitative estimate of drug-likeness (QED) is 0.578. The number of carbonyl (C=O) groups excluding carboxylic acids is 2. The van der Waals surface area contributed by atoms with E-state index in [9.17, 15) is 19.2 Å². The molecular weight excluding hydrogens is 280 g/mol. The number of likely N-dealkylation sites (tertiary alicyclic amines) is 1. The Morgan fingerprint density at radius 2 is 1.95 bits per heavy atom. The van der Waals surface area contributed by atoms with Gasteiger partial charge in [0.1, 0.15) is 6.04 Å². The van der Waals surface area contributed by atoms with Crippen molar-refractivity contribution in [3.05, 3.63) is 0 Å². The van der Waals surface area contributed by atoms with E-state index in [-0.39, 0.29) is 31.2 Å². The van der Waals surface area contributed by atoms with Crippen LogP contribution in [0.25, 0.3) is 0 Å². The lowest BCUT2D eigenvalue weighted by molar-refractivity contribution is -0.143. The third kappa shape index (κ3) is 3.93. The van der Waals surface area contributed by atoms with Crippen LogP contribution in [-0.4, -0.2) is 57.5 Å². The molecule has 0 spiro atoms. The molecular formula is C13H18N2O6. The molecule has 0 aromatic rings. The summed E-state index contributed by atoms with van der Waals surface area (Å²) in [6.07, 6.45) is 1.49. The summed E-state index contributed by atoms with van der Waals surface area (Å²) in [6.45, 7) is 0.320. The molecule has 2 atom stereocenters. The van der Waals surface area contributed by atoms with Gasteiger partial charge in [0.2, 0.25) is 11.8 Å². The molecule has 21 heavy (non-hydrogen) atoms. The molecule has 3 N–H and O–H groups in total. The first-order valence-electron chi connectivity index (χ1n) is 6.93. The summed E-state index contributed by atoms with van der Waals surface area (Å²) in [7, 11) is 0. The Labute approximate surface area is 121 Å². The number of nitrogens with one attached hydrogen (secondary N) is 1. The number of carboxylic acids is 2. The van der Waals surface area contributed by atoms with Crippen molar-refractivity contribution in [1.82, 2.24) is 10.2 Å². The Hall–Kier alpha value is -2.12. The van der Waals surface area contributed by atoms with E-state index < -0.39 is 29.8 Å². The highest BCUT2D eigenvalue weighted by atomic mass is 16.4. The van der Waals surface area contributed by atoms with Crippen LogP contribution in [-0.2, 0) is 19.2 Å². The minimum atomic E-state index is -1.27. The summed E-state index contributed by atoms with van der Waals surface area (Å²) in [4.78, 5) is 47.0. The molecule has 0 bridgehead atoms. The molecule has 1 saturated heterocycles. The molecule has 116 valence electrons. The van der Waals surface area contributed by atoms with Crippen molar-refractivity contribution < 1.29 is 29.4 Å². The van der Waals surface area contributed by atoms with Gasteiger partial charge in [-0.1, -0.05) is 0 Å². The summed E-state index contributed by atoms with van der Waals surface area (Å²) in [5.74, 6) is -3.51. The summed E-state index contributed by atoms with van der Waals surface area (Å²) >= 11 is 0. The molecule has 0 aromatic carbocycles. The highest BCUT2D eigenvalue weighted by Gasteiger charge is 2.42. The van der Waals surface area contributed by atoms with Gasteiger partial charge in [-0.25, -0.2) is 4.79 Å². The van der Waals surface area contributed by atoms with Crippen LogP contribution in [0.3, 0.4) is 0 Å². The van der Waals surface area contributed by atoms with Gasteiger partial charge in [0.15, 0.2) is 0 Å². The lowest BCUT2D eigenvalue weighted by Crippen LogP contribution is -2.44. The van der Waals surface area contributed by atoms with Gasteiger partial charge < -0.3 is 20.4 Å². The van der Waals surface area contributed by atoms with Crippen LogP contribution in [0.4, 0.5) is 0 Å². The highest BCUT2D eigenvalue weighted by Crippen LogP contribution is 2.32. The molecule has 2 fully saturated rings. The average Bonchev–Trinajstić information content (AvgIpc) is 3.16. The molecule has 2 aliphatic rings. The van der Waals surface area contributed by atoms with Gasteiger partial charge in [0.05, 0.1) is 5.92 Å². The van der Waals surface area contributed by atoms with Gasteiger partial charge in [-0.2, -0.15) is 0 Å². The molecule has 1 aliphatic carbocycles. The summed E-state index contributed by atoms with van der Waals surface area (Å²) in [6, 6.07) is -1.00. The molecule has 8 nitrogen and oxygen atoms in total. The second-order valence-electron chi connectivity index (χ2n) is 5.51. The van der Waals surface area contributed by atoms with Crippen molar-refractivity contribution in [3.8, 4) is 0 Å². The maximum Gasteiger partial charge on any atom is 0.326 e. The van der Waals surface area contributed by atoms with Crippen molar-refractivity contribution in [1.29, 1.82) is 0 Å². The second-order valence-corrected chi connectivity index (χ2v) is 5.51. The molecule has 1 saturated carbocycles. The maximum absolute atomic E-state index is 12.0. The van der Waals surface area contributed by atoms with E-state index in [1.54, 1.807) is 4.90 Å². The Morgan fingerprint density at radius 1 is 1.29 bits per heavy atom. The smallest absolute Gasteiger partial charge is 0.326 e. The monoisotopic (exact) mass is 298 g/mol.